The van der Waals surface area contributed by atoms with Crippen LogP contribution in [0.5, 0.6) is 0 Å². The van der Waals surface area contributed by atoms with Gasteiger partial charge in [-0.1, -0.05) is 39.7 Å². The van der Waals surface area contributed by atoms with Crippen LogP contribution in [0.15, 0.2) is 40.9 Å². The fourth-order valence-electron chi connectivity index (χ4n) is 1.84. The van der Waals surface area contributed by atoms with Crippen molar-refractivity contribution in [1.29, 1.82) is 5.26 Å². The monoisotopic (exact) mass is 369 g/mol. The van der Waals surface area contributed by atoms with Crippen molar-refractivity contribution < 1.29 is 13.6 Å². The van der Waals surface area contributed by atoms with Crippen molar-refractivity contribution in [1.82, 2.24) is 0 Å². The van der Waals surface area contributed by atoms with Gasteiger partial charge >= 0.3 is 0 Å². The van der Waals surface area contributed by atoms with Crippen LogP contribution < -0.4 is 0 Å². The predicted molar refractivity (Wildman–Crippen MR) is 78.2 cm³/mol. The molecule has 0 aliphatic heterocycles. The average Bonchev–Trinajstić information content (AvgIpc) is 2.43. The largest absolute Gasteiger partial charge is 0.292 e. The summed E-state index contributed by atoms with van der Waals surface area (Å²) in [6, 6.07) is 9.77. The predicted octanol–water partition coefficient (Wildman–Crippen LogP) is 4.87. The van der Waals surface area contributed by atoms with E-state index in [-0.39, 0.29) is 0 Å². The maximum atomic E-state index is 13.8. The van der Waals surface area contributed by atoms with Gasteiger partial charge in [0.1, 0.15) is 17.6 Å². The lowest BCUT2D eigenvalue weighted by Crippen LogP contribution is -2.13. The van der Waals surface area contributed by atoms with E-state index in [0.717, 1.165) is 6.07 Å². The molecule has 1 unspecified atom stereocenters. The molecular weight excluding hydrogens is 364 g/mol. The lowest BCUT2D eigenvalue weighted by Gasteiger charge is -2.10. The summed E-state index contributed by atoms with van der Waals surface area (Å²) in [6.45, 7) is 0. The van der Waals surface area contributed by atoms with Gasteiger partial charge in [-0.2, -0.15) is 5.26 Å². The molecule has 0 fully saturated rings. The number of carbonyl (C=O) groups is 1. The summed E-state index contributed by atoms with van der Waals surface area (Å²) in [5.41, 5.74) is -0.102. The van der Waals surface area contributed by atoms with Crippen LogP contribution in [-0.2, 0) is 0 Å². The van der Waals surface area contributed by atoms with Gasteiger partial charge < -0.3 is 0 Å². The molecule has 0 aliphatic carbocycles. The standard InChI is InChI=1S/C15H7BrClF2NO/c16-9-3-1-2-8(4-9)11(7-20)15(21)10-5-14(19)12(17)6-13(10)18/h1-6,11H. The molecule has 0 spiro atoms. The molecule has 2 aromatic rings. The topological polar surface area (TPSA) is 40.9 Å². The van der Waals surface area contributed by atoms with Crippen LogP contribution in [0, 0.1) is 23.0 Å². The van der Waals surface area contributed by atoms with Crippen molar-refractivity contribution in [2.75, 3.05) is 0 Å². The van der Waals surface area contributed by atoms with Crippen LogP contribution in [0.2, 0.25) is 5.02 Å². The summed E-state index contributed by atoms with van der Waals surface area (Å²) < 4.78 is 27.9. The van der Waals surface area contributed by atoms with E-state index in [0.29, 0.717) is 16.1 Å². The van der Waals surface area contributed by atoms with E-state index in [1.54, 1.807) is 24.3 Å². The summed E-state index contributed by atoms with van der Waals surface area (Å²) in [5, 5.41) is 8.77. The zero-order valence-corrected chi connectivity index (χ0v) is 12.8. The minimum Gasteiger partial charge on any atom is -0.292 e. The SMILES string of the molecule is N#CC(C(=O)c1cc(F)c(Cl)cc1F)c1cccc(Br)c1. The first-order chi connectivity index (χ1) is 9.93. The van der Waals surface area contributed by atoms with Gasteiger partial charge in [-0.25, -0.2) is 8.78 Å². The number of Topliss-reactive ketones (excluding diaryl/α,β-unsaturated/α-hetero) is 1. The molecule has 2 rings (SSSR count). The quantitative estimate of drug-likeness (QED) is 0.571. The van der Waals surface area contributed by atoms with Crippen molar-refractivity contribution in [3.8, 4) is 6.07 Å². The Balaban J connectivity index is 2.47. The van der Waals surface area contributed by atoms with Crippen LogP contribution in [0.1, 0.15) is 21.8 Å². The number of hydrogen-bond acceptors (Lipinski definition) is 2. The smallest absolute Gasteiger partial charge is 0.187 e. The number of ketones is 1. The number of benzene rings is 2. The van der Waals surface area contributed by atoms with Crippen molar-refractivity contribution >= 4 is 33.3 Å². The van der Waals surface area contributed by atoms with Gasteiger partial charge in [0.05, 0.1) is 16.7 Å². The fourth-order valence-corrected chi connectivity index (χ4v) is 2.40. The maximum Gasteiger partial charge on any atom is 0.187 e. The molecule has 0 radical (unpaired) electrons. The van der Waals surface area contributed by atoms with E-state index in [1.165, 1.54) is 0 Å². The number of nitriles is 1. The Morgan fingerprint density at radius 3 is 2.57 bits per heavy atom. The minimum absolute atomic E-state index is 0.395. The second-order valence-corrected chi connectivity index (χ2v) is 5.55. The Labute approximate surface area is 133 Å². The molecule has 0 aromatic heterocycles. The lowest BCUT2D eigenvalue weighted by atomic mass is 9.91. The van der Waals surface area contributed by atoms with Crippen molar-refractivity contribution in [3.63, 3.8) is 0 Å². The summed E-state index contributed by atoms with van der Waals surface area (Å²) in [5.74, 6) is -3.91. The van der Waals surface area contributed by atoms with Crippen LogP contribution in [0.4, 0.5) is 8.78 Å². The van der Waals surface area contributed by atoms with Crippen LogP contribution in [0.25, 0.3) is 0 Å². The van der Waals surface area contributed by atoms with E-state index in [1.807, 2.05) is 6.07 Å². The van der Waals surface area contributed by atoms with Crippen molar-refractivity contribution in [3.05, 3.63) is 68.7 Å². The van der Waals surface area contributed by atoms with E-state index in [2.05, 4.69) is 15.9 Å². The summed E-state index contributed by atoms with van der Waals surface area (Å²) in [4.78, 5) is 12.3. The van der Waals surface area contributed by atoms with Gasteiger partial charge in [0.25, 0.3) is 0 Å². The Morgan fingerprint density at radius 2 is 1.95 bits per heavy atom. The third kappa shape index (κ3) is 3.29. The number of halogens is 4. The second-order valence-electron chi connectivity index (χ2n) is 4.23. The van der Waals surface area contributed by atoms with Crippen LogP contribution >= 0.6 is 27.5 Å². The van der Waals surface area contributed by atoms with Crippen LogP contribution in [-0.4, -0.2) is 5.78 Å². The van der Waals surface area contributed by atoms with Crippen molar-refractivity contribution in [2.24, 2.45) is 0 Å². The molecular formula is C15H7BrClF2NO. The molecule has 21 heavy (non-hydrogen) atoms. The Morgan fingerprint density at radius 1 is 1.24 bits per heavy atom. The molecule has 0 N–H and O–H groups in total. The zero-order valence-electron chi connectivity index (χ0n) is 10.4. The van der Waals surface area contributed by atoms with Crippen LogP contribution in [0.3, 0.4) is 0 Å². The van der Waals surface area contributed by atoms with Gasteiger partial charge in [-0.05, 0) is 29.8 Å². The third-order valence-electron chi connectivity index (χ3n) is 2.85. The molecule has 6 heteroatoms. The van der Waals surface area contributed by atoms with E-state index >= 15 is 0 Å². The molecule has 0 bridgehead atoms. The number of hydrogen-bond donors (Lipinski definition) is 0. The molecule has 0 saturated heterocycles. The molecule has 2 nitrogen and oxygen atoms in total. The lowest BCUT2D eigenvalue weighted by molar-refractivity contribution is 0.0974. The first-order valence-electron chi connectivity index (χ1n) is 5.78. The number of rotatable bonds is 3. The van der Waals surface area contributed by atoms with Crippen molar-refractivity contribution in [2.45, 2.75) is 5.92 Å². The van der Waals surface area contributed by atoms with Gasteiger partial charge in [-0.15, -0.1) is 0 Å². The molecule has 0 saturated carbocycles. The third-order valence-corrected chi connectivity index (χ3v) is 3.63. The Hall–Kier alpha value is -1.77. The zero-order chi connectivity index (χ0) is 15.6. The van der Waals surface area contributed by atoms with Gasteiger partial charge in [0, 0.05) is 4.47 Å². The number of carbonyl (C=O) groups excluding carboxylic acids is 1. The molecule has 0 aliphatic rings. The Kier molecular flexibility index (Phi) is 4.71. The molecule has 0 amide bonds. The minimum atomic E-state index is -1.22. The van der Waals surface area contributed by atoms with Gasteiger partial charge in [-0.3, -0.25) is 4.79 Å². The molecule has 106 valence electrons. The highest BCUT2D eigenvalue weighted by atomic mass is 79.9. The summed E-state index contributed by atoms with van der Waals surface area (Å²) >= 11 is 8.67. The second kappa shape index (κ2) is 6.33. The van der Waals surface area contributed by atoms with E-state index in [4.69, 9.17) is 11.6 Å². The normalized spacial score (nSPS) is 11.8. The maximum absolute atomic E-state index is 13.8. The highest BCUT2D eigenvalue weighted by Gasteiger charge is 2.25. The summed E-state index contributed by atoms with van der Waals surface area (Å²) in [6.07, 6.45) is 0. The summed E-state index contributed by atoms with van der Waals surface area (Å²) in [7, 11) is 0. The first kappa shape index (κ1) is 15.6. The molecule has 2 aromatic carbocycles. The van der Waals surface area contributed by atoms with Gasteiger partial charge in [0.15, 0.2) is 5.78 Å². The highest BCUT2D eigenvalue weighted by Crippen LogP contribution is 2.27. The van der Waals surface area contributed by atoms with E-state index < -0.39 is 33.9 Å². The first-order valence-corrected chi connectivity index (χ1v) is 6.95. The Bertz CT molecular complexity index is 758. The average molecular weight is 371 g/mol. The molecule has 1 atom stereocenters. The highest BCUT2D eigenvalue weighted by molar-refractivity contribution is 9.10. The van der Waals surface area contributed by atoms with E-state index in [9.17, 15) is 18.8 Å². The van der Waals surface area contributed by atoms with Gasteiger partial charge in [0.2, 0.25) is 0 Å². The fraction of sp³-hybridized carbons (Fsp3) is 0.0667. The number of nitrogens with zero attached hydrogens (tertiary/aromatic N) is 1. The molecule has 0 heterocycles.